The van der Waals surface area contributed by atoms with Crippen molar-refractivity contribution in [3.05, 3.63) is 51.1 Å². The van der Waals surface area contributed by atoms with E-state index in [-0.39, 0.29) is 22.8 Å². The van der Waals surface area contributed by atoms with Crippen molar-refractivity contribution in [1.29, 1.82) is 0 Å². The number of thiophene rings is 1. The molecule has 0 saturated heterocycles. The predicted octanol–water partition coefficient (Wildman–Crippen LogP) is 4.78. The molecule has 3 aromatic rings. The number of hydrogen-bond acceptors (Lipinski definition) is 5. The second kappa shape index (κ2) is 7.86. The van der Waals surface area contributed by atoms with Crippen LogP contribution >= 0.6 is 23.1 Å². The number of benzene rings is 1. The number of aromatic nitrogens is 2. The topological polar surface area (TPSA) is 64.0 Å². The van der Waals surface area contributed by atoms with Gasteiger partial charge in [0.05, 0.1) is 10.6 Å². The normalized spacial score (nSPS) is 12.5. The van der Waals surface area contributed by atoms with Crippen LogP contribution in [0.1, 0.15) is 37.3 Å². The second-order valence-corrected chi connectivity index (χ2v) is 9.25. The van der Waals surface area contributed by atoms with Crippen molar-refractivity contribution in [3.63, 3.8) is 0 Å². The molecule has 0 radical (unpaired) electrons. The van der Waals surface area contributed by atoms with E-state index in [0.717, 1.165) is 21.0 Å². The van der Waals surface area contributed by atoms with E-state index in [4.69, 9.17) is 4.98 Å². The number of aryl methyl sites for hydroxylation is 2. The van der Waals surface area contributed by atoms with Crippen LogP contribution in [0.2, 0.25) is 0 Å². The van der Waals surface area contributed by atoms with Gasteiger partial charge in [0.2, 0.25) is 5.91 Å². The van der Waals surface area contributed by atoms with Crippen molar-refractivity contribution in [1.82, 2.24) is 9.55 Å². The van der Waals surface area contributed by atoms with E-state index >= 15 is 0 Å². The van der Waals surface area contributed by atoms with Crippen LogP contribution in [-0.4, -0.2) is 20.7 Å². The summed E-state index contributed by atoms with van der Waals surface area (Å²) in [6.07, 6.45) is 0. The Morgan fingerprint density at radius 3 is 2.48 bits per heavy atom. The number of amides is 1. The smallest absolute Gasteiger partial charge is 0.263 e. The monoisotopic (exact) mass is 401 g/mol. The maximum absolute atomic E-state index is 13.1. The summed E-state index contributed by atoms with van der Waals surface area (Å²) in [5, 5.41) is 3.79. The molecule has 1 aromatic carbocycles. The number of hydrogen-bond donors (Lipinski definition) is 1. The molecule has 3 rings (SSSR count). The second-order valence-electron chi connectivity index (χ2n) is 6.74. The lowest BCUT2D eigenvalue weighted by molar-refractivity contribution is -0.115. The molecular formula is C20H23N3O2S2. The molecule has 0 aliphatic carbocycles. The van der Waals surface area contributed by atoms with Gasteiger partial charge in [0.1, 0.15) is 4.83 Å². The first-order chi connectivity index (χ1) is 12.8. The molecule has 0 saturated carbocycles. The summed E-state index contributed by atoms with van der Waals surface area (Å²) in [4.78, 5) is 32.2. The number of fused-ring (bicyclic) bond motifs is 1. The van der Waals surface area contributed by atoms with Crippen LogP contribution in [0.5, 0.6) is 0 Å². The van der Waals surface area contributed by atoms with Gasteiger partial charge in [-0.3, -0.25) is 14.2 Å². The summed E-state index contributed by atoms with van der Waals surface area (Å²) in [7, 11) is 0. The molecule has 1 amide bonds. The van der Waals surface area contributed by atoms with Gasteiger partial charge in [-0.25, -0.2) is 4.98 Å². The third kappa shape index (κ3) is 3.94. The van der Waals surface area contributed by atoms with E-state index in [1.54, 1.807) is 4.57 Å². The molecule has 0 aliphatic heterocycles. The third-order valence-electron chi connectivity index (χ3n) is 4.41. The summed E-state index contributed by atoms with van der Waals surface area (Å²) in [6.45, 7) is 9.72. The molecule has 142 valence electrons. The molecule has 7 heteroatoms. The number of nitrogens with zero attached hydrogens (tertiary/aromatic N) is 2. The Morgan fingerprint density at radius 2 is 1.85 bits per heavy atom. The zero-order chi connectivity index (χ0) is 19.7. The highest BCUT2D eigenvalue weighted by Crippen LogP contribution is 2.31. The van der Waals surface area contributed by atoms with E-state index in [9.17, 15) is 9.59 Å². The van der Waals surface area contributed by atoms with Gasteiger partial charge in [-0.15, -0.1) is 11.3 Å². The van der Waals surface area contributed by atoms with Gasteiger partial charge in [-0.1, -0.05) is 30.0 Å². The lowest BCUT2D eigenvalue weighted by atomic mass is 10.2. The van der Waals surface area contributed by atoms with Crippen molar-refractivity contribution >= 4 is 44.9 Å². The van der Waals surface area contributed by atoms with Crippen LogP contribution in [0.3, 0.4) is 0 Å². The van der Waals surface area contributed by atoms with Crippen molar-refractivity contribution in [2.45, 2.75) is 51.1 Å². The Kier molecular flexibility index (Phi) is 5.72. The molecule has 0 aliphatic rings. The molecular weight excluding hydrogens is 378 g/mol. The molecule has 0 fully saturated rings. The molecule has 0 bridgehead atoms. The highest BCUT2D eigenvalue weighted by molar-refractivity contribution is 8.00. The van der Waals surface area contributed by atoms with Crippen LogP contribution in [0.25, 0.3) is 10.2 Å². The number of anilines is 1. The minimum atomic E-state index is -0.387. The third-order valence-corrected chi connectivity index (χ3v) is 6.58. The summed E-state index contributed by atoms with van der Waals surface area (Å²) in [5.41, 5.74) is 1.72. The first kappa shape index (κ1) is 19.6. The minimum Gasteiger partial charge on any atom is -0.325 e. The van der Waals surface area contributed by atoms with Crippen LogP contribution in [0.4, 0.5) is 5.69 Å². The number of para-hydroxylation sites is 1. The molecule has 1 N–H and O–H groups in total. The van der Waals surface area contributed by atoms with Gasteiger partial charge in [0.15, 0.2) is 5.16 Å². The van der Waals surface area contributed by atoms with E-state index in [1.807, 2.05) is 65.0 Å². The largest absolute Gasteiger partial charge is 0.325 e. The summed E-state index contributed by atoms with van der Waals surface area (Å²) >= 11 is 2.84. The highest BCUT2D eigenvalue weighted by atomic mass is 32.2. The van der Waals surface area contributed by atoms with Crippen LogP contribution in [0.15, 0.2) is 40.3 Å². The van der Waals surface area contributed by atoms with Crippen LogP contribution in [0, 0.1) is 13.8 Å². The Bertz CT molecular complexity index is 1040. The molecule has 2 heterocycles. The van der Waals surface area contributed by atoms with Gasteiger partial charge >= 0.3 is 0 Å². The van der Waals surface area contributed by atoms with Crippen molar-refractivity contribution in [3.8, 4) is 0 Å². The Morgan fingerprint density at radius 1 is 1.19 bits per heavy atom. The lowest BCUT2D eigenvalue weighted by Crippen LogP contribution is -2.28. The lowest BCUT2D eigenvalue weighted by Gasteiger charge is -2.18. The number of carbonyl (C=O) groups is 1. The highest BCUT2D eigenvalue weighted by Gasteiger charge is 2.22. The first-order valence-corrected chi connectivity index (χ1v) is 10.5. The van der Waals surface area contributed by atoms with E-state index in [2.05, 4.69) is 5.32 Å². The summed E-state index contributed by atoms with van der Waals surface area (Å²) < 4.78 is 1.69. The van der Waals surface area contributed by atoms with Crippen molar-refractivity contribution in [2.24, 2.45) is 0 Å². The van der Waals surface area contributed by atoms with E-state index < -0.39 is 0 Å². The standard InChI is InChI=1S/C20H23N3O2S2/c1-11(2)23-19(25)16-12(3)13(4)26-18(16)22-20(23)27-14(5)17(24)21-15-9-7-6-8-10-15/h6-11,14H,1-5H3,(H,21,24). The summed E-state index contributed by atoms with van der Waals surface area (Å²) in [6, 6.07) is 9.31. The van der Waals surface area contributed by atoms with Crippen molar-refractivity contribution in [2.75, 3.05) is 5.32 Å². The summed E-state index contributed by atoms with van der Waals surface area (Å²) in [5.74, 6) is -0.116. The van der Waals surface area contributed by atoms with Gasteiger partial charge < -0.3 is 5.32 Å². The Hall–Kier alpha value is -2.12. The first-order valence-electron chi connectivity index (χ1n) is 8.84. The van der Waals surface area contributed by atoms with E-state index in [1.165, 1.54) is 23.1 Å². The van der Waals surface area contributed by atoms with Crippen LogP contribution in [-0.2, 0) is 4.79 Å². The van der Waals surface area contributed by atoms with Crippen LogP contribution < -0.4 is 10.9 Å². The molecule has 27 heavy (non-hydrogen) atoms. The number of nitrogens with one attached hydrogen (secondary N) is 1. The molecule has 0 spiro atoms. The predicted molar refractivity (Wildman–Crippen MR) is 114 cm³/mol. The minimum absolute atomic E-state index is 0.0324. The fourth-order valence-electron chi connectivity index (χ4n) is 2.80. The average Bonchev–Trinajstić information content (AvgIpc) is 2.89. The molecule has 5 nitrogen and oxygen atoms in total. The number of carbonyl (C=O) groups excluding carboxylic acids is 1. The fourth-order valence-corrected chi connectivity index (χ4v) is 4.91. The fraction of sp³-hybridized carbons (Fsp3) is 0.350. The van der Waals surface area contributed by atoms with Gasteiger partial charge in [0, 0.05) is 16.6 Å². The quantitative estimate of drug-likeness (QED) is 0.494. The average molecular weight is 402 g/mol. The maximum Gasteiger partial charge on any atom is 0.263 e. The zero-order valence-electron chi connectivity index (χ0n) is 16.1. The Balaban J connectivity index is 1.95. The van der Waals surface area contributed by atoms with E-state index in [0.29, 0.717) is 10.5 Å². The van der Waals surface area contributed by atoms with Gasteiger partial charge in [-0.2, -0.15) is 0 Å². The van der Waals surface area contributed by atoms with Gasteiger partial charge in [-0.05, 0) is 52.3 Å². The molecule has 2 aromatic heterocycles. The number of rotatable bonds is 5. The van der Waals surface area contributed by atoms with Gasteiger partial charge in [0.25, 0.3) is 5.56 Å². The number of thioether (sulfide) groups is 1. The molecule has 1 atom stereocenters. The zero-order valence-corrected chi connectivity index (χ0v) is 17.7. The Labute approximate surface area is 166 Å². The maximum atomic E-state index is 13.1. The molecule has 1 unspecified atom stereocenters. The van der Waals surface area contributed by atoms with Crippen molar-refractivity contribution < 1.29 is 4.79 Å². The SMILES string of the molecule is Cc1sc2nc(SC(C)C(=O)Nc3ccccc3)n(C(C)C)c(=O)c2c1C.